The highest BCUT2D eigenvalue weighted by Crippen LogP contribution is 2.32. The molecule has 28 heavy (non-hydrogen) atoms. The molecule has 8 heteroatoms. The Labute approximate surface area is 162 Å². The Balaban J connectivity index is 1.48. The fourth-order valence-electron chi connectivity index (χ4n) is 3.12. The van der Waals surface area contributed by atoms with E-state index in [2.05, 4.69) is 20.3 Å². The summed E-state index contributed by atoms with van der Waals surface area (Å²) in [5.41, 5.74) is 2.18. The second-order valence-electron chi connectivity index (χ2n) is 7.08. The Bertz CT molecular complexity index is 966. The van der Waals surface area contributed by atoms with Gasteiger partial charge >= 0.3 is 0 Å². The molecule has 4 rings (SSSR count). The fraction of sp³-hybridized carbons (Fsp3) is 0.350. The molecule has 1 aliphatic rings. The highest BCUT2D eigenvalue weighted by atomic mass is 16.5. The predicted molar refractivity (Wildman–Crippen MR) is 102 cm³/mol. The normalized spacial score (nSPS) is 16.8. The van der Waals surface area contributed by atoms with Crippen molar-refractivity contribution in [1.29, 1.82) is 0 Å². The van der Waals surface area contributed by atoms with Crippen molar-refractivity contribution in [2.45, 2.75) is 39.2 Å². The van der Waals surface area contributed by atoms with Gasteiger partial charge in [0.2, 0.25) is 17.6 Å². The highest BCUT2D eigenvalue weighted by Gasteiger charge is 2.35. The maximum atomic E-state index is 12.5. The minimum absolute atomic E-state index is 0.0254. The van der Waals surface area contributed by atoms with Gasteiger partial charge in [0.25, 0.3) is 0 Å². The van der Waals surface area contributed by atoms with Crippen LogP contribution in [0, 0.1) is 6.92 Å². The van der Waals surface area contributed by atoms with E-state index in [1.165, 1.54) is 0 Å². The Morgan fingerprint density at radius 2 is 1.93 bits per heavy atom. The van der Waals surface area contributed by atoms with E-state index in [1.807, 2.05) is 51.1 Å². The van der Waals surface area contributed by atoms with Crippen LogP contribution in [0.2, 0.25) is 0 Å². The van der Waals surface area contributed by atoms with Crippen LogP contribution in [0.5, 0.6) is 5.75 Å². The molecule has 8 nitrogen and oxygen atoms in total. The summed E-state index contributed by atoms with van der Waals surface area (Å²) < 4.78 is 11.1. The van der Waals surface area contributed by atoms with Crippen molar-refractivity contribution in [3.05, 3.63) is 48.0 Å². The van der Waals surface area contributed by atoms with Crippen LogP contribution in [0.1, 0.15) is 37.8 Å². The minimum atomic E-state index is -0.154. The first-order valence-electron chi connectivity index (χ1n) is 9.21. The van der Waals surface area contributed by atoms with Crippen LogP contribution >= 0.6 is 0 Å². The molecule has 3 aromatic rings. The zero-order valence-electron chi connectivity index (χ0n) is 16.0. The SMILES string of the molecule is Cc1ccc(-c2noc([C@@H]3CC(=O)N(c4ccc(OC(C)C)cc4)C3)n2)nn1. The maximum Gasteiger partial charge on any atom is 0.232 e. The van der Waals surface area contributed by atoms with Gasteiger partial charge in [-0.05, 0) is 57.2 Å². The summed E-state index contributed by atoms with van der Waals surface area (Å²) in [5, 5.41) is 12.1. The van der Waals surface area contributed by atoms with E-state index in [1.54, 1.807) is 11.0 Å². The predicted octanol–water partition coefficient (Wildman–Crippen LogP) is 3.14. The summed E-state index contributed by atoms with van der Waals surface area (Å²) in [6, 6.07) is 11.2. The van der Waals surface area contributed by atoms with Gasteiger partial charge in [-0.25, -0.2) is 0 Å². The third kappa shape index (κ3) is 3.71. The van der Waals surface area contributed by atoms with Gasteiger partial charge in [-0.15, -0.1) is 5.10 Å². The topological polar surface area (TPSA) is 94.2 Å². The number of anilines is 1. The second-order valence-corrected chi connectivity index (χ2v) is 7.08. The van der Waals surface area contributed by atoms with Crippen molar-refractivity contribution >= 4 is 11.6 Å². The molecule has 0 radical (unpaired) electrons. The molecule has 0 aliphatic carbocycles. The first kappa shape index (κ1) is 18.1. The molecule has 0 spiro atoms. The van der Waals surface area contributed by atoms with E-state index in [-0.39, 0.29) is 17.9 Å². The van der Waals surface area contributed by atoms with Crippen molar-refractivity contribution in [1.82, 2.24) is 20.3 Å². The average molecular weight is 379 g/mol. The molecule has 0 unspecified atom stereocenters. The van der Waals surface area contributed by atoms with Crippen molar-refractivity contribution in [3.63, 3.8) is 0 Å². The van der Waals surface area contributed by atoms with Gasteiger partial charge in [-0.3, -0.25) is 4.79 Å². The number of benzene rings is 1. The number of nitrogens with zero attached hydrogens (tertiary/aromatic N) is 5. The lowest BCUT2D eigenvalue weighted by Crippen LogP contribution is -2.24. The molecule has 0 bridgehead atoms. The van der Waals surface area contributed by atoms with E-state index in [0.29, 0.717) is 30.4 Å². The Morgan fingerprint density at radius 1 is 1.14 bits per heavy atom. The number of hydrogen-bond donors (Lipinski definition) is 0. The summed E-state index contributed by atoms with van der Waals surface area (Å²) in [6.45, 7) is 6.30. The molecule has 1 aromatic carbocycles. The molecular formula is C20H21N5O3. The monoisotopic (exact) mass is 379 g/mol. The van der Waals surface area contributed by atoms with Crippen LogP contribution in [0.3, 0.4) is 0 Å². The fourth-order valence-corrected chi connectivity index (χ4v) is 3.12. The summed E-state index contributed by atoms with van der Waals surface area (Å²) in [6.07, 6.45) is 0.430. The number of amides is 1. The van der Waals surface area contributed by atoms with Gasteiger partial charge in [-0.2, -0.15) is 10.1 Å². The number of ether oxygens (including phenoxy) is 1. The third-order valence-corrected chi connectivity index (χ3v) is 4.46. The molecule has 1 aliphatic heterocycles. The van der Waals surface area contributed by atoms with E-state index in [4.69, 9.17) is 9.26 Å². The second kappa shape index (κ2) is 7.38. The third-order valence-electron chi connectivity index (χ3n) is 4.46. The Morgan fingerprint density at radius 3 is 2.61 bits per heavy atom. The van der Waals surface area contributed by atoms with Gasteiger partial charge in [0.1, 0.15) is 11.4 Å². The number of rotatable bonds is 5. The number of carbonyl (C=O) groups is 1. The van der Waals surface area contributed by atoms with Crippen LogP contribution in [0.15, 0.2) is 40.9 Å². The zero-order chi connectivity index (χ0) is 19.7. The van der Waals surface area contributed by atoms with Crippen LogP contribution < -0.4 is 9.64 Å². The van der Waals surface area contributed by atoms with E-state index >= 15 is 0 Å². The lowest BCUT2D eigenvalue weighted by molar-refractivity contribution is -0.117. The van der Waals surface area contributed by atoms with Crippen molar-refractivity contribution in [2.24, 2.45) is 0 Å². The van der Waals surface area contributed by atoms with Crippen molar-refractivity contribution < 1.29 is 14.1 Å². The molecule has 0 N–H and O–H groups in total. The number of hydrogen-bond acceptors (Lipinski definition) is 7. The number of carbonyl (C=O) groups excluding carboxylic acids is 1. The molecule has 1 saturated heterocycles. The van der Waals surface area contributed by atoms with Gasteiger partial charge in [0.15, 0.2) is 0 Å². The highest BCUT2D eigenvalue weighted by molar-refractivity contribution is 5.96. The van der Waals surface area contributed by atoms with E-state index in [0.717, 1.165) is 17.1 Å². The average Bonchev–Trinajstić information content (AvgIpc) is 3.30. The molecule has 0 saturated carbocycles. The van der Waals surface area contributed by atoms with Gasteiger partial charge in [0.05, 0.1) is 17.7 Å². The van der Waals surface area contributed by atoms with Crippen LogP contribution in [-0.4, -0.2) is 38.9 Å². The van der Waals surface area contributed by atoms with Crippen LogP contribution in [0.4, 0.5) is 5.69 Å². The lowest BCUT2D eigenvalue weighted by Gasteiger charge is -2.17. The summed E-state index contributed by atoms with van der Waals surface area (Å²) in [4.78, 5) is 18.7. The maximum absolute atomic E-state index is 12.5. The largest absolute Gasteiger partial charge is 0.491 e. The van der Waals surface area contributed by atoms with Gasteiger partial charge < -0.3 is 14.2 Å². The van der Waals surface area contributed by atoms with Gasteiger partial charge in [0, 0.05) is 18.7 Å². The molecule has 1 amide bonds. The Kier molecular flexibility index (Phi) is 4.77. The quantitative estimate of drug-likeness (QED) is 0.672. The number of aromatic nitrogens is 4. The molecular weight excluding hydrogens is 358 g/mol. The summed E-state index contributed by atoms with van der Waals surface area (Å²) in [7, 11) is 0. The van der Waals surface area contributed by atoms with Crippen LogP contribution in [-0.2, 0) is 4.79 Å². The van der Waals surface area contributed by atoms with Crippen molar-refractivity contribution in [3.8, 4) is 17.3 Å². The van der Waals surface area contributed by atoms with Crippen molar-refractivity contribution in [2.75, 3.05) is 11.4 Å². The number of aryl methyl sites for hydroxylation is 1. The summed E-state index contributed by atoms with van der Waals surface area (Å²) in [5.74, 6) is 1.47. The molecule has 3 heterocycles. The molecule has 1 atom stereocenters. The lowest BCUT2D eigenvalue weighted by atomic mass is 10.1. The Hall–Kier alpha value is -3.29. The smallest absolute Gasteiger partial charge is 0.232 e. The zero-order valence-corrected chi connectivity index (χ0v) is 16.0. The first-order valence-corrected chi connectivity index (χ1v) is 9.21. The minimum Gasteiger partial charge on any atom is -0.491 e. The molecule has 2 aromatic heterocycles. The molecule has 1 fully saturated rings. The standard InChI is InChI=1S/C20H21N5O3/c1-12(2)27-16-7-5-15(6-8-16)25-11-14(10-18(25)26)20-21-19(24-28-20)17-9-4-13(3)22-23-17/h4-9,12,14H,10-11H2,1-3H3/t14-/m1/s1. The van der Waals surface area contributed by atoms with E-state index < -0.39 is 0 Å². The molecule has 144 valence electrons. The first-order chi connectivity index (χ1) is 13.5. The summed E-state index contributed by atoms with van der Waals surface area (Å²) >= 11 is 0. The van der Waals surface area contributed by atoms with Crippen LogP contribution in [0.25, 0.3) is 11.5 Å². The van der Waals surface area contributed by atoms with Gasteiger partial charge in [-0.1, -0.05) is 5.16 Å². The van der Waals surface area contributed by atoms with E-state index in [9.17, 15) is 4.79 Å².